The maximum absolute atomic E-state index is 13.3. The Balaban J connectivity index is 1.91. The van der Waals surface area contributed by atoms with Gasteiger partial charge in [0.25, 0.3) is 0 Å². The molecule has 0 radical (unpaired) electrons. The molecule has 1 heterocycles. The summed E-state index contributed by atoms with van der Waals surface area (Å²) in [6.45, 7) is 5.74. The summed E-state index contributed by atoms with van der Waals surface area (Å²) in [6.07, 6.45) is 3.26. The summed E-state index contributed by atoms with van der Waals surface area (Å²) < 4.78 is 25.4. The summed E-state index contributed by atoms with van der Waals surface area (Å²) in [5.41, 5.74) is 7.70. The highest BCUT2D eigenvalue weighted by Crippen LogP contribution is 2.38. The highest BCUT2D eigenvalue weighted by atomic mass is 32.2. The van der Waals surface area contributed by atoms with Crippen molar-refractivity contribution < 1.29 is 13.2 Å². The zero-order valence-corrected chi connectivity index (χ0v) is 18.4. The van der Waals surface area contributed by atoms with E-state index < -0.39 is 14.6 Å². The molecule has 0 atom stereocenters. The second kappa shape index (κ2) is 8.59. The van der Waals surface area contributed by atoms with Crippen LogP contribution in [-0.4, -0.2) is 36.2 Å². The fraction of sp³-hybridized carbons (Fsp3) is 0.476. The van der Waals surface area contributed by atoms with Crippen LogP contribution in [-0.2, 0) is 14.6 Å². The number of rotatable bonds is 6. The average Bonchev–Trinajstić information content (AvgIpc) is 3.24. The van der Waals surface area contributed by atoms with E-state index >= 15 is 0 Å². The molecule has 3 rings (SSSR count). The molecule has 0 bridgehead atoms. The van der Waals surface area contributed by atoms with Crippen molar-refractivity contribution in [2.24, 2.45) is 0 Å². The maximum atomic E-state index is 13.3. The molecule has 0 unspecified atom stereocenters. The number of hydrogen-bond acceptors (Lipinski definition) is 6. The van der Waals surface area contributed by atoms with E-state index in [1.807, 2.05) is 6.92 Å². The third-order valence-corrected chi connectivity index (χ3v) is 8.53. The first-order chi connectivity index (χ1) is 14.1. The van der Waals surface area contributed by atoms with E-state index in [4.69, 9.17) is 5.73 Å². The van der Waals surface area contributed by atoms with Crippen molar-refractivity contribution in [2.45, 2.75) is 56.5 Å². The molecule has 2 amide bonds. The number of urea groups is 1. The molecule has 0 spiro atoms. The zero-order valence-electron chi connectivity index (χ0n) is 17.6. The molecule has 9 heteroatoms. The summed E-state index contributed by atoms with van der Waals surface area (Å²) in [5, 5.41) is 5.04. The van der Waals surface area contributed by atoms with E-state index in [2.05, 4.69) is 20.6 Å². The van der Waals surface area contributed by atoms with Crippen LogP contribution in [0.25, 0.3) is 11.4 Å². The van der Waals surface area contributed by atoms with Gasteiger partial charge in [-0.2, -0.15) is 0 Å². The Hall–Kier alpha value is -2.68. The molecular weight excluding hydrogens is 402 g/mol. The molecule has 1 aromatic heterocycles. The van der Waals surface area contributed by atoms with Crippen LogP contribution in [0, 0.1) is 0 Å². The van der Waals surface area contributed by atoms with Crippen molar-refractivity contribution in [3.63, 3.8) is 0 Å². The molecule has 2 aromatic rings. The van der Waals surface area contributed by atoms with Gasteiger partial charge in [-0.1, -0.05) is 12.8 Å². The molecule has 0 saturated heterocycles. The summed E-state index contributed by atoms with van der Waals surface area (Å²) in [4.78, 5) is 20.5. The summed E-state index contributed by atoms with van der Waals surface area (Å²) in [7, 11) is -3.43. The number of carbonyl (C=O) groups is 1. The van der Waals surface area contributed by atoms with Crippen molar-refractivity contribution in [1.29, 1.82) is 0 Å². The van der Waals surface area contributed by atoms with Crippen molar-refractivity contribution in [3.05, 3.63) is 36.0 Å². The van der Waals surface area contributed by atoms with Gasteiger partial charge in [-0.15, -0.1) is 0 Å². The standard InChI is InChI=1S/C21H29N5O3S/c1-4-23-20(27)24-15-11-9-14(10-12-15)19-25-17(13-18(22)26-19)21(2,3)30(28,29)16-7-5-6-8-16/h9-13,16H,4-8H2,1-3H3,(H2,22,25,26)(H2,23,24,27). The number of carbonyl (C=O) groups excluding carboxylic acids is 1. The van der Waals surface area contributed by atoms with Crippen LogP contribution in [0.1, 0.15) is 52.1 Å². The molecule has 30 heavy (non-hydrogen) atoms. The van der Waals surface area contributed by atoms with Gasteiger partial charge in [0.2, 0.25) is 0 Å². The molecule has 1 saturated carbocycles. The highest BCUT2D eigenvalue weighted by molar-refractivity contribution is 7.92. The summed E-state index contributed by atoms with van der Waals surface area (Å²) >= 11 is 0. The minimum Gasteiger partial charge on any atom is -0.384 e. The van der Waals surface area contributed by atoms with E-state index in [0.29, 0.717) is 42.2 Å². The number of amides is 2. The lowest BCUT2D eigenvalue weighted by atomic mass is 10.1. The second-order valence-corrected chi connectivity index (χ2v) is 10.8. The van der Waals surface area contributed by atoms with Gasteiger partial charge >= 0.3 is 6.03 Å². The quantitative estimate of drug-likeness (QED) is 0.643. The fourth-order valence-corrected chi connectivity index (χ4v) is 5.89. The first-order valence-electron chi connectivity index (χ1n) is 10.2. The lowest BCUT2D eigenvalue weighted by Crippen LogP contribution is -2.37. The average molecular weight is 432 g/mol. The number of nitrogens with one attached hydrogen (secondary N) is 2. The van der Waals surface area contributed by atoms with Crippen LogP contribution >= 0.6 is 0 Å². The highest BCUT2D eigenvalue weighted by Gasteiger charge is 2.44. The maximum Gasteiger partial charge on any atom is 0.319 e. The Morgan fingerprint density at radius 2 is 1.80 bits per heavy atom. The number of aromatic nitrogens is 2. The zero-order chi connectivity index (χ0) is 21.9. The molecule has 162 valence electrons. The lowest BCUT2D eigenvalue weighted by molar-refractivity contribution is 0.252. The molecule has 1 aromatic carbocycles. The van der Waals surface area contributed by atoms with Crippen molar-refractivity contribution in [3.8, 4) is 11.4 Å². The Bertz CT molecular complexity index is 1010. The van der Waals surface area contributed by atoms with Gasteiger partial charge < -0.3 is 16.4 Å². The summed E-state index contributed by atoms with van der Waals surface area (Å²) in [5.74, 6) is 0.568. The fourth-order valence-electron chi connectivity index (χ4n) is 3.70. The van der Waals surface area contributed by atoms with E-state index in [-0.39, 0.29) is 17.1 Å². The molecule has 1 aliphatic rings. The monoisotopic (exact) mass is 431 g/mol. The van der Waals surface area contributed by atoms with Gasteiger partial charge in [-0.3, -0.25) is 0 Å². The molecule has 1 aliphatic carbocycles. The van der Waals surface area contributed by atoms with Crippen LogP contribution in [0.4, 0.5) is 16.3 Å². The molecule has 1 fully saturated rings. The molecular formula is C21H29N5O3S. The van der Waals surface area contributed by atoms with E-state index in [1.165, 1.54) is 0 Å². The van der Waals surface area contributed by atoms with E-state index in [1.54, 1.807) is 44.2 Å². The third-order valence-electron chi connectivity index (χ3n) is 5.55. The number of sulfone groups is 1. The molecule has 8 nitrogen and oxygen atoms in total. The van der Waals surface area contributed by atoms with Crippen LogP contribution in [0.3, 0.4) is 0 Å². The Kier molecular flexibility index (Phi) is 6.30. The molecule has 0 aliphatic heterocycles. The minimum absolute atomic E-state index is 0.217. The number of nitrogens with zero attached hydrogens (tertiary/aromatic N) is 2. The van der Waals surface area contributed by atoms with Crippen molar-refractivity contribution in [2.75, 3.05) is 17.6 Å². The number of benzene rings is 1. The molecule has 4 N–H and O–H groups in total. The SMILES string of the molecule is CCNC(=O)Nc1ccc(-c2nc(N)cc(C(C)(C)S(=O)(=O)C3CCCC3)n2)cc1. The Morgan fingerprint density at radius 3 is 2.40 bits per heavy atom. The van der Waals surface area contributed by atoms with Crippen molar-refractivity contribution in [1.82, 2.24) is 15.3 Å². The number of hydrogen-bond donors (Lipinski definition) is 3. The van der Waals surface area contributed by atoms with Crippen LogP contribution in [0.5, 0.6) is 0 Å². The lowest BCUT2D eigenvalue weighted by Gasteiger charge is -2.28. The van der Waals surface area contributed by atoms with Crippen LogP contribution in [0.2, 0.25) is 0 Å². The first-order valence-corrected chi connectivity index (χ1v) is 11.7. The largest absolute Gasteiger partial charge is 0.384 e. The van der Waals surface area contributed by atoms with Gasteiger partial charge in [0, 0.05) is 23.9 Å². The summed E-state index contributed by atoms with van der Waals surface area (Å²) in [6, 6.07) is 8.25. The second-order valence-electron chi connectivity index (χ2n) is 8.03. The number of anilines is 2. The van der Waals surface area contributed by atoms with Gasteiger partial charge in [0.05, 0.1) is 10.9 Å². The van der Waals surface area contributed by atoms with E-state index in [9.17, 15) is 13.2 Å². The number of nitrogen functional groups attached to an aromatic ring is 1. The predicted octanol–water partition coefficient (Wildman–Crippen LogP) is 3.46. The van der Waals surface area contributed by atoms with E-state index in [0.717, 1.165) is 12.8 Å². The van der Waals surface area contributed by atoms with Gasteiger partial charge in [0.15, 0.2) is 15.7 Å². The first kappa shape index (κ1) is 22.0. The minimum atomic E-state index is -3.43. The predicted molar refractivity (Wildman–Crippen MR) is 119 cm³/mol. The van der Waals surface area contributed by atoms with Crippen LogP contribution < -0.4 is 16.4 Å². The topological polar surface area (TPSA) is 127 Å². The van der Waals surface area contributed by atoms with Gasteiger partial charge in [-0.05, 0) is 57.9 Å². The number of nitrogens with two attached hydrogens (primary N) is 1. The normalized spacial score (nSPS) is 15.2. The Morgan fingerprint density at radius 1 is 1.17 bits per heavy atom. The Labute approximate surface area is 177 Å². The van der Waals surface area contributed by atoms with Gasteiger partial charge in [-0.25, -0.2) is 23.2 Å². The smallest absolute Gasteiger partial charge is 0.319 e. The third kappa shape index (κ3) is 4.40. The van der Waals surface area contributed by atoms with Crippen LogP contribution in [0.15, 0.2) is 30.3 Å². The van der Waals surface area contributed by atoms with Gasteiger partial charge in [0.1, 0.15) is 10.6 Å². The van der Waals surface area contributed by atoms with Crippen molar-refractivity contribution >= 4 is 27.4 Å².